The van der Waals surface area contributed by atoms with Crippen LogP contribution in [0, 0.1) is 0 Å². The molecule has 0 bridgehead atoms. The van der Waals surface area contributed by atoms with E-state index in [0.717, 1.165) is 32.1 Å². The number of rotatable bonds is 4. The second-order valence-electron chi connectivity index (χ2n) is 4.72. The van der Waals surface area contributed by atoms with Crippen LogP contribution in [0.1, 0.15) is 39.0 Å². The molecule has 0 radical (unpaired) electrons. The fourth-order valence-corrected chi connectivity index (χ4v) is 3.77. The van der Waals surface area contributed by atoms with Gasteiger partial charge in [-0.2, -0.15) is 0 Å². The molecule has 0 atom stereocenters. The van der Waals surface area contributed by atoms with E-state index in [1.54, 1.807) is 14.0 Å². The maximum atomic E-state index is 11.8. The van der Waals surface area contributed by atoms with Crippen molar-refractivity contribution in [3.63, 3.8) is 0 Å². The highest BCUT2D eigenvalue weighted by Crippen LogP contribution is 2.29. The molecule has 1 aliphatic carbocycles. The average Bonchev–Trinajstić information content (AvgIpc) is 2.29. The Morgan fingerprint density at radius 2 is 1.82 bits per heavy atom. The Bertz CT molecular complexity index is 359. The monoisotopic (exact) mass is 262 g/mol. The highest BCUT2D eigenvalue weighted by Gasteiger charge is 2.37. The molecule has 17 heavy (non-hydrogen) atoms. The molecule has 100 valence electrons. The summed E-state index contributed by atoms with van der Waals surface area (Å²) >= 11 is 0. The van der Waals surface area contributed by atoms with Gasteiger partial charge in [0.15, 0.2) is 9.84 Å². The number of carbonyl (C=O) groups is 1. The summed E-state index contributed by atoms with van der Waals surface area (Å²) < 4.78 is 23.5. The largest absolute Gasteiger partial charge is 0.341 e. The lowest BCUT2D eigenvalue weighted by molar-refractivity contribution is 0.214. The van der Waals surface area contributed by atoms with Crippen LogP contribution in [0.15, 0.2) is 0 Å². The fourth-order valence-electron chi connectivity index (χ4n) is 2.36. The molecular formula is C11H22N2O3S. The summed E-state index contributed by atoms with van der Waals surface area (Å²) in [5, 5.41) is 5.34. The molecule has 0 aromatic heterocycles. The summed E-state index contributed by atoms with van der Waals surface area (Å²) in [6, 6.07) is -0.293. The van der Waals surface area contributed by atoms with Crippen LogP contribution >= 0.6 is 0 Å². The summed E-state index contributed by atoms with van der Waals surface area (Å²) in [4.78, 5) is 11.4. The Balaban J connectivity index is 2.82. The van der Waals surface area contributed by atoms with Gasteiger partial charge < -0.3 is 10.6 Å². The lowest BCUT2D eigenvalue weighted by Gasteiger charge is -2.37. The third-order valence-corrected chi connectivity index (χ3v) is 5.22. The van der Waals surface area contributed by atoms with Crippen LogP contribution in [-0.2, 0) is 9.84 Å². The maximum absolute atomic E-state index is 11.8. The molecule has 2 N–H and O–H groups in total. The van der Waals surface area contributed by atoms with E-state index in [0.29, 0.717) is 0 Å². The molecule has 2 amide bonds. The maximum Gasteiger partial charge on any atom is 0.314 e. The van der Waals surface area contributed by atoms with Crippen molar-refractivity contribution in [1.29, 1.82) is 0 Å². The van der Waals surface area contributed by atoms with Crippen LogP contribution in [0.4, 0.5) is 4.79 Å². The second kappa shape index (κ2) is 5.71. The van der Waals surface area contributed by atoms with Gasteiger partial charge in [0.2, 0.25) is 0 Å². The SMILES string of the molecule is CCS(=O)(=O)CC1(NC(=O)NC)CCCCC1. The smallest absolute Gasteiger partial charge is 0.314 e. The van der Waals surface area contributed by atoms with Gasteiger partial charge in [0, 0.05) is 12.8 Å². The zero-order valence-corrected chi connectivity index (χ0v) is 11.4. The van der Waals surface area contributed by atoms with Crippen LogP contribution in [-0.4, -0.2) is 38.5 Å². The number of hydrogen-bond donors (Lipinski definition) is 2. The molecule has 1 aliphatic rings. The number of amides is 2. The molecule has 0 spiro atoms. The van der Waals surface area contributed by atoms with E-state index in [4.69, 9.17) is 0 Å². The van der Waals surface area contributed by atoms with E-state index < -0.39 is 15.4 Å². The summed E-state index contributed by atoms with van der Waals surface area (Å²) in [6.45, 7) is 1.64. The Morgan fingerprint density at radius 1 is 1.24 bits per heavy atom. The third kappa shape index (κ3) is 4.18. The first-order valence-electron chi connectivity index (χ1n) is 6.13. The summed E-state index contributed by atoms with van der Waals surface area (Å²) in [6.07, 6.45) is 4.56. The molecule has 0 heterocycles. The first kappa shape index (κ1) is 14.3. The van der Waals surface area contributed by atoms with Gasteiger partial charge in [0.25, 0.3) is 0 Å². The number of sulfone groups is 1. The predicted octanol–water partition coefficient (Wildman–Crippen LogP) is 1.05. The Kier molecular flexibility index (Phi) is 4.80. The molecule has 1 fully saturated rings. The summed E-state index contributed by atoms with van der Waals surface area (Å²) in [7, 11) is -1.53. The topological polar surface area (TPSA) is 75.3 Å². The zero-order valence-electron chi connectivity index (χ0n) is 10.6. The molecular weight excluding hydrogens is 240 g/mol. The van der Waals surface area contributed by atoms with Gasteiger partial charge in [0.1, 0.15) is 0 Å². The average molecular weight is 262 g/mol. The van der Waals surface area contributed by atoms with Crippen LogP contribution in [0.5, 0.6) is 0 Å². The fraction of sp³-hybridized carbons (Fsp3) is 0.909. The van der Waals surface area contributed by atoms with Crippen LogP contribution in [0.2, 0.25) is 0 Å². The molecule has 0 aromatic rings. The van der Waals surface area contributed by atoms with Crippen molar-refractivity contribution in [2.75, 3.05) is 18.6 Å². The lowest BCUT2D eigenvalue weighted by Crippen LogP contribution is -2.56. The molecule has 0 unspecified atom stereocenters. The zero-order chi connectivity index (χ0) is 12.9. The van der Waals surface area contributed by atoms with E-state index >= 15 is 0 Å². The van der Waals surface area contributed by atoms with Crippen molar-refractivity contribution >= 4 is 15.9 Å². The lowest BCUT2D eigenvalue weighted by atomic mass is 9.83. The standard InChI is InChI=1S/C11H22N2O3S/c1-3-17(15,16)9-11(13-10(14)12-2)7-5-4-6-8-11/h3-9H2,1-2H3,(H2,12,13,14). The minimum absolute atomic E-state index is 0.0594. The van der Waals surface area contributed by atoms with E-state index in [1.807, 2.05) is 0 Å². The molecule has 6 heteroatoms. The van der Waals surface area contributed by atoms with Gasteiger partial charge in [-0.15, -0.1) is 0 Å². The molecule has 5 nitrogen and oxygen atoms in total. The number of carbonyl (C=O) groups excluding carboxylic acids is 1. The normalized spacial score (nSPS) is 19.6. The highest BCUT2D eigenvalue weighted by molar-refractivity contribution is 7.91. The van der Waals surface area contributed by atoms with Crippen LogP contribution < -0.4 is 10.6 Å². The van der Waals surface area contributed by atoms with Crippen molar-refractivity contribution in [1.82, 2.24) is 10.6 Å². The predicted molar refractivity (Wildman–Crippen MR) is 67.7 cm³/mol. The van der Waals surface area contributed by atoms with Crippen molar-refractivity contribution in [2.45, 2.75) is 44.6 Å². The van der Waals surface area contributed by atoms with Crippen molar-refractivity contribution < 1.29 is 13.2 Å². The second-order valence-corrected chi connectivity index (χ2v) is 7.07. The van der Waals surface area contributed by atoms with Crippen molar-refractivity contribution in [3.05, 3.63) is 0 Å². The van der Waals surface area contributed by atoms with Crippen LogP contribution in [0.25, 0.3) is 0 Å². The van der Waals surface area contributed by atoms with E-state index in [9.17, 15) is 13.2 Å². The molecule has 0 saturated heterocycles. The van der Waals surface area contributed by atoms with Crippen LogP contribution in [0.3, 0.4) is 0 Å². The Morgan fingerprint density at radius 3 is 2.29 bits per heavy atom. The Labute approximate surface area is 103 Å². The minimum Gasteiger partial charge on any atom is -0.341 e. The van der Waals surface area contributed by atoms with Gasteiger partial charge in [-0.05, 0) is 12.8 Å². The highest BCUT2D eigenvalue weighted by atomic mass is 32.2. The van der Waals surface area contributed by atoms with Gasteiger partial charge in [-0.3, -0.25) is 0 Å². The minimum atomic E-state index is -3.07. The molecule has 0 aliphatic heterocycles. The van der Waals surface area contributed by atoms with Gasteiger partial charge in [-0.25, -0.2) is 13.2 Å². The number of urea groups is 1. The molecule has 0 aromatic carbocycles. The summed E-state index contributed by atoms with van der Waals surface area (Å²) in [5.41, 5.74) is -0.562. The van der Waals surface area contributed by atoms with Gasteiger partial charge in [0.05, 0.1) is 11.3 Å². The van der Waals surface area contributed by atoms with Crippen molar-refractivity contribution in [2.24, 2.45) is 0 Å². The van der Waals surface area contributed by atoms with E-state index in [2.05, 4.69) is 10.6 Å². The van der Waals surface area contributed by atoms with E-state index in [1.165, 1.54) is 0 Å². The van der Waals surface area contributed by atoms with Gasteiger partial charge >= 0.3 is 6.03 Å². The number of nitrogens with one attached hydrogen (secondary N) is 2. The van der Waals surface area contributed by atoms with Gasteiger partial charge in [-0.1, -0.05) is 26.2 Å². The van der Waals surface area contributed by atoms with E-state index in [-0.39, 0.29) is 17.5 Å². The number of hydrogen-bond acceptors (Lipinski definition) is 3. The summed E-state index contributed by atoms with van der Waals surface area (Å²) in [5.74, 6) is 0.189. The third-order valence-electron chi connectivity index (χ3n) is 3.35. The quantitative estimate of drug-likeness (QED) is 0.795. The first-order chi connectivity index (χ1) is 7.93. The van der Waals surface area contributed by atoms with Crippen molar-refractivity contribution in [3.8, 4) is 0 Å². The Hall–Kier alpha value is -0.780. The molecule has 1 rings (SSSR count). The molecule has 1 saturated carbocycles. The first-order valence-corrected chi connectivity index (χ1v) is 7.95.